The number of esters is 2. The second kappa shape index (κ2) is 17.8. The van der Waals surface area contributed by atoms with Gasteiger partial charge < -0.3 is 9.47 Å². The van der Waals surface area contributed by atoms with E-state index in [2.05, 4.69) is 13.8 Å². The van der Waals surface area contributed by atoms with E-state index in [4.69, 9.17) is 9.47 Å². The Morgan fingerprint density at radius 2 is 1.17 bits per heavy atom. The SMILES string of the molecule is CCCCCCC(F)C(=O)OC1CCC(c2ccc(C3CCC(OC(=O)C(F)CCCCCC)CC3)c(F)c2)CC1. The van der Waals surface area contributed by atoms with E-state index < -0.39 is 24.3 Å². The lowest BCUT2D eigenvalue weighted by atomic mass is 9.79. The standard InChI is InChI=1S/C34H51F3O4/c1-3-5-7-9-11-30(35)33(38)40-27-18-13-24(14-19-27)26-17-22-29(32(37)23-26)25-15-20-28(21-16-25)41-34(39)31(36)12-10-8-6-4-2/h17,22-25,27-28,30-31H,3-16,18-21H2,1-2H3. The quantitative estimate of drug-likeness (QED) is 0.144. The highest BCUT2D eigenvalue weighted by molar-refractivity contribution is 5.75. The van der Waals surface area contributed by atoms with Gasteiger partial charge in [-0.2, -0.15) is 0 Å². The summed E-state index contributed by atoms with van der Waals surface area (Å²) in [6, 6.07) is 5.52. The van der Waals surface area contributed by atoms with Crippen LogP contribution in [0.2, 0.25) is 0 Å². The molecule has 0 N–H and O–H groups in total. The van der Waals surface area contributed by atoms with Gasteiger partial charge in [0, 0.05) is 0 Å². The number of rotatable bonds is 16. The summed E-state index contributed by atoms with van der Waals surface area (Å²) >= 11 is 0. The smallest absolute Gasteiger partial charge is 0.340 e. The van der Waals surface area contributed by atoms with Crippen LogP contribution in [0.4, 0.5) is 13.2 Å². The molecule has 0 heterocycles. The molecule has 0 spiro atoms. The number of hydrogen-bond donors (Lipinski definition) is 0. The van der Waals surface area contributed by atoms with Crippen LogP contribution in [-0.2, 0) is 19.1 Å². The molecule has 0 saturated heterocycles. The molecule has 4 nitrogen and oxygen atoms in total. The van der Waals surface area contributed by atoms with Crippen LogP contribution in [-0.4, -0.2) is 36.5 Å². The molecule has 0 radical (unpaired) electrons. The van der Waals surface area contributed by atoms with Crippen molar-refractivity contribution in [2.75, 3.05) is 0 Å². The Bertz CT molecular complexity index is 923. The van der Waals surface area contributed by atoms with Crippen molar-refractivity contribution in [1.82, 2.24) is 0 Å². The van der Waals surface area contributed by atoms with Crippen molar-refractivity contribution in [1.29, 1.82) is 0 Å². The molecule has 3 rings (SSSR count). The molecule has 41 heavy (non-hydrogen) atoms. The number of benzene rings is 1. The summed E-state index contributed by atoms with van der Waals surface area (Å²) in [6.07, 6.45) is 9.74. The highest BCUT2D eigenvalue weighted by Gasteiger charge is 2.31. The Hall–Kier alpha value is -2.05. The zero-order valence-corrected chi connectivity index (χ0v) is 25.2. The molecule has 0 aromatic heterocycles. The van der Waals surface area contributed by atoms with Gasteiger partial charge in [0.05, 0.1) is 0 Å². The fourth-order valence-electron chi connectivity index (χ4n) is 6.35. The van der Waals surface area contributed by atoms with E-state index in [0.29, 0.717) is 56.9 Å². The lowest BCUT2D eigenvalue weighted by Crippen LogP contribution is -2.29. The molecule has 2 unspecified atom stereocenters. The highest BCUT2D eigenvalue weighted by atomic mass is 19.1. The number of carbonyl (C=O) groups excluding carboxylic acids is 2. The number of alkyl halides is 2. The number of halogens is 3. The molecule has 232 valence electrons. The predicted octanol–water partition coefficient (Wildman–Crippen LogP) is 9.58. The average molecular weight is 581 g/mol. The molecule has 7 heteroatoms. The van der Waals surface area contributed by atoms with Crippen LogP contribution in [0, 0.1) is 5.82 Å². The molecule has 2 saturated carbocycles. The van der Waals surface area contributed by atoms with Crippen LogP contribution in [0.3, 0.4) is 0 Å². The van der Waals surface area contributed by atoms with E-state index in [1.54, 1.807) is 6.07 Å². The summed E-state index contributed by atoms with van der Waals surface area (Å²) in [4.78, 5) is 24.3. The monoisotopic (exact) mass is 580 g/mol. The van der Waals surface area contributed by atoms with Gasteiger partial charge in [-0.05, 0) is 106 Å². The van der Waals surface area contributed by atoms with Crippen LogP contribution < -0.4 is 0 Å². The Balaban J connectivity index is 1.39. The third-order valence-corrected chi connectivity index (χ3v) is 8.98. The van der Waals surface area contributed by atoms with Crippen molar-refractivity contribution < 1.29 is 32.2 Å². The van der Waals surface area contributed by atoms with Gasteiger partial charge in [-0.25, -0.2) is 22.8 Å². The lowest BCUT2D eigenvalue weighted by Gasteiger charge is -2.31. The summed E-state index contributed by atoms with van der Waals surface area (Å²) in [6.45, 7) is 4.18. The van der Waals surface area contributed by atoms with Gasteiger partial charge in [0.15, 0.2) is 12.3 Å². The molecule has 2 atom stereocenters. The average Bonchev–Trinajstić information content (AvgIpc) is 2.98. The van der Waals surface area contributed by atoms with Crippen LogP contribution in [0.25, 0.3) is 0 Å². The summed E-state index contributed by atoms with van der Waals surface area (Å²) < 4.78 is 54.5. The first kappa shape index (κ1) is 33.5. The predicted molar refractivity (Wildman–Crippen MR) is 156 cm³/mol. The maximum atomic E-state index is 15.2. The molecule has 2 aliphatic rings. The van der Waals surface area contributed by atoms with E-state index in [-0.39, 0.29) is 42.7 Å². The minimum Gasteiger partial charge on any atom is -0.460 e. The minimum atomic E-state index is -1.56. The fourth-order valence-corrected chi connectivity index (χ4v) is 6.35. The summed E-state index contributed by atoms with van der Waals surface area (Å²) in [5.41, 5.74) is 1.64. The topological polar surface area (TPSA) is 52.6 Å². The molecule has 1 aromatic carbocycles. The number of ether oxygens (including phenoxy) is 2. The van der Waals surface area contributed by atoms with Gasteiger partial charge in [-0.3, -0.25) is 0 Å². The van der Waals surface area contributed by atoms with E-state index in [9.17, 15) is 18.4 Å². The Morgan fingerprint density at radius 1 is 0.707 bits per heavy atom. The number of unbranched alkanes of at least 4 members (excludes halogenated alkanes) is 6. The van der Waals surface area contributed by atoms with Gasteiger partial charge in [0.2, 0.25) is 0 Å². The van der Waals surface area contributed by atoms with Gasteiger partial charge in [0.25, 0.3) is 0 Å². The fraction of sp³-hybridized carbons (Fsp3) is 0.765. The van der Waals surface area contributed by atoms with E-state index in [1.165, 1.54) is 0 Å². The number of hydrogen-bond acceptors (Lipinski definition) is 4. The molecule has 0 aliphatic heterocycles. The van der Waals surface area contributed by atoms with Gasteiger partial charge >= 0.3 is 11.9 Å². The largest absolute Gasteiger partial charge is 0.460 e. The van der Waals surface area contributed by atoms with E-state index in [0.717, 1.165) is 56.9 Å². The minimum absolute atomic E-state index is 0.0555. The molecule has 0 amide bonds. The van der Waals surface area contributed by atoms with Gasteiger partial charge in [-0.15, -0.1) is 0 Å². The van der Waals surface area contributed by atoms with Crippen LogP contribution in [0.1, 0.15) is 152 Å². The zero-order chi connectivity index (χ0) is 29.6. The van der Waals surface area contributed by atoms with E-state index >= 15 is 4.39 Å². The van der Waals surface area contributed by atoms with Gasteiger partial charge in [-0.1, -0.05) is 64.5 Å². The van der Waals surface area contributed by atoms with Crippen molar-refractivity contribution >= 4 is 11.9 Å². The molecule has 2 fully saturated rings. The molecule has 1 aromatic rings. The Labute approximate surface area is 245 Å². The number of carbonyl (C=O) groups is 2. The van der Waals surface area contributed by atoms with Gasteiger partial charge in [0.1, 0.15) is 18.0 Å². The first-order valence-corrected chi connectivity index (χ1v) is 16.3. The normalized spacial score (nSPS) is 24.4. The first-order chi connectivity index (χ1) is 19.8. The molecule has 0 bridgehead atoms. The molecular weight excluding hydrogens is 529 g/mol. The van der Waals surface area contributed by atoms with Crippen molar-refractivity contribution in [3.63, 3.8) is 0 Å². The summed E-state index contributed by atoms with van der Waals surface area (Å²) in [5.74, 6) is -1.46. The van der Waals surface area contributed by atoms with Crippen LogP contribution in [0.5, 0.6) is 0 Å². The van der Waals surface area contributed by atoms with Crippen molar-refractivity contribution in [2.45, 2.75) is 166 Å². The lowest BCUT2D eigenvalue weighted by molar-refractivity contribution is -0.157. The molecular formula is C34H51F3O4. The maximum absolute atomic E-state index is 15.2. The van der Waals surface area contributed by atoms with Crippen molar-refractivity contribution in [3.8, 4) is 0 Å². The Kier molecular flexibility index (Phi) is 14.5. The summed E-state index contributed by atoms with van der Waals surface area (Å²) in [7, 11) is 0. The second-order valence-corrected chi connectivity index (χ2v) is 12.2. The summed E-state index contributed by atoms with van der Waals surface area (Å²) in [5, 5.41) is 0. The second-order valence-electron chi connectivity index (χ2n) is 12.2. The third-order valence-electron chi connectivity index (χ3n) is 8.98. The van der Waals surface area contributed by atoms with Crippen LogP contribution in [0.15, 0.2) is 18.2 Å². The first-order valence-electron chi connectivity index (χ1n) is 16.3. The molecule has 2 aliphatic carbocycles. The highest BCUT2D eigenvalue weighted by Crippen LogP contribution is 2.39. The zero-order valence-electron chi connectivity index (χ0n) is 25.2. The maximum Gasteiger partial charge on any atom is 0.340 e. The van der Waals surface area contributed by atoms with Crippen molar-refractivity contribution in [2.24, 2.45) is 0 Å². The Morgan fingerprint density at radius 3 is 1.61 bits per heavy atom. The van der Waals surface area contributed by atoms with Crippen LogP contribution >= 0.6 is 0 Å². The third kappa shape index (κ3) is 10.9. The van der Waals surface area contributed by atoms with E-state index in [1.807, 2.05) is 12.1 Å². The van der Waals surface area contributed by atoms with Crippen molar-refractivity contribution in [3.05, 3.63) is 35.1 Å².